The quantitative estimate of drug-likeness (QED) is 0.0199. The van der Waals surface area contributed by atoms with Gasteiger partial charge in [0, 0.05) is 61.7 Å². The predicted molar refractivity (Wildman–Crippen MR) is 395 cm³/mol. The van der Waals surface area contributed by atoms with Gasteiger partial charge in [-0.05, 0) is 105 Å². The molecule has 11 atom stereocenters. The number of carbonyl (C=O) groups excluding carboxylic acids is 13. The van der Waals surface area contributed by atoms with E-state index in [1.165, 1.54) is 48.5 Å². The highest BCUT2D eigenvalue weighted by Crippen LogP contribution is 2.23. The molecule has 0 saturated carbocycles. The third kappa shape index (κ3) is 29.6. The summed E-state index contributed by atoms with van der Waals surface area (Å²) in [6.45, 7) is -0.822. The number of nitrogens with two attached hydrogens (primary N) is 4. The van der Waals surface area contributed by atoms with E-state index in [0.717, 1.165) is 28.4 Å². The van der Waals surface area contributed by atoms with Crippen molar-refractivity contribution in [2.75, 3.05) is 31.1 Å². The monoisotopic (exact) mass is 1570 g/mol. The third-order valence-electron chi connectivity index (χ3n) is 17.3. The largest absolute Gasteiger partial charge is 0.508 e. The van der Waals surface area contributed by atoms with Crippen molar-refractivity contribution in [3.63, 3.8) is 0 Å². The number of rotatable bonds is 34. The SMILES string of the molecule is NCCCC[C@@H]1NC(=O)[C@H](Cc2ccc(O)cc2)NC(=O)[C@@H](NC(=O)[C@@H]2CCCN2C(=O)[C@H](CC(N)=O)NC(=O)[C@H](CCC(=O)O)NC(=O)[C@H](Cc2ccc(O)cc2)NC(=O)CNC(=O)[C@@H](N)CC(N)=O)CSCc2cccc(n2)CSC[C@@H](C(=O)N[C@@H](CCC(=O)O)C(=O)O)NC(=O)[C@H](Cc2ccccc2)NC1=O. The summed E-state index contributed by atoms with van der Waals surface area (Å²) >= 11 is 2.18. The molecule has 3 aromatic carbocycles. The molecule has 594 valence electrons. The van der Waals surface area contributed by atoms with Gasteiger partial charge >= 0.3 is 17.9 Å². The zero-order valence-corrected chi connectivity index (χ0v) is 61.4. The van der Waals surface area contributed by atoms with Crippen LogP contribution in [0.4, 0.5) is 0 Å². The van der Waals surface area contributed by atoms with Gasteiger partial charge in [0.05, 0.1) is 36.8 Å². The average molecular weight is 1570 g/mol. The average Bonchev–Trinajstić information content (AvgIpc) is 1.67. The third-order valence-corrected chi connectivity index (χ3v) is 19.5. The lowest BCUT2D eigenvalue weighted by Gasteiger charge is -2.31. The van der Waals surface area contributed by atoms with Crippen LogP contribution in [0.2, 0.25) is 0 Å². The lowest BCUT2D eigenvalue weighted by atomic mass is 10.0. The van der Waals surface area contributed by atoms with E-state index in [1.54, 1.807) is 48.5 Å². The first-order chi connectivity index (χ1) is 52.4. The van der Waals surface area contributed by atoms with Gasteiger partial charge in [-0.1, -0.05) is 60.7 Å². The van der Waals surface area contributed by atoms with Crippen molar-refractivity contribution in [1.82, 2.24) is 63.1 Å². The Balaban J connectivity index is 1.32. The van der Waals surface area contributed by atoms with Gasteiger partial charge in [0.1, 0.15) is 71.9 Å². The smallest absolute Gasteiger partial charge is 0.326 e. The standard InChI is InChI=1S/C71H92N16O21S2/c72-26-5-4-12-46-62(98)82-50(28-38-8-2-1-3-9-38)66(102)85-53(67(103)81-48(71(107)108)23-25-60(95)96)36-109-34-41-10-6-11-42(77-41)35-110-37-54(68(104)83-51(65(101)79-46)30-40-16-20-44(89)21-17-40)86-69(105)55-13-7-27-87(55)70(106)52(32-57(75)91)84-63(99)47(22-24-59(93)94)80-64(100)49(29-39-14-18-43(88)19-15-39)78-58(92)33-76-61(97)45(73)31-56(74)90/h1-3,6,8-11,14-21,45-55,88-89H,4-5,7,12-13,22-37,72-73H2,(H2,74,90)(H2,75,91)(H,76,97)(H,78,92)(H,79,101)(H,80,100)(H,81,103)(H,82,98)(H,83,104)(H,84,99)(H,85,102)(H,86,105)(H,93,94)(H,95,96)(H,107,108)/t45-,46-,47-,48-,49-,50-,51-,52-,53-,54-,55-/m0/s1. The summed E-state index contributed by atoms with van der Waals surface area (Å²) in [6.07, 6.45) is -4.38. The molecule has 2 bridgehead atoms. The summed E-state index contributed by atoms with van der Waals surface area (Å²) in [5.41, 5.74) is 24.4. The lowest BCUT2D eigenvalue weighted by molar-refractivity contribution is -0.143. The van der Waals surface area contributed by atoms with Crippen molar-refractivity contribution in [3.8, 4) is 11.5 Å². The predicted octanol–water partition coefficient (Wildman–Crippen LogP) is -3.81. The minimum absolute atomic E-state index is 0.0478. The maximum atomic E-state index is 15.1. The van der Waals surface area contributed by atoms with Crippen molar-refractivity contribution in [2.45, 2.75) is 168 Å². The second-order valence-corrected chi connectivity index (χ2v) is 28.1. The number of thioether (sulfide) groups is 2. The Labute approximate surface area is 639 Å². The Kier molecular flexibility index (Phi) is 35.1. The van der Waals surface area contributed by atoms with Crippen molar-refractivity contribution >= 4 is 118 Å². The molecule has 2 aliphatic rings. The molecule has 0 aliphatic carbocycles. The molecule has 0 unspecified atom stereocenters. The minimum atomic E-state index is -1.91. The van der Waals surface area contributed by atoms with Crippen LogP contribution in [0, 0.1) is 0 Å². The van der Waals surface area contributed by atoms with Gasteiger partial charge in [0.25, 0.3) is 0 Å². The maximum Gasteiger partial charge on any atom is 0.326 e. The van der Waals surface area contributed by atoms with Gasteiger partial charge in [0.2, 0.25) is 76.8 Å². The van der Waals surface area contributed by atoms with Gasteiger partial charge < -0.3 is 107 Å². The molecule has 2 aliphatic heterocycles. The van der Waals surface area contributed by atoms with Gasteiger partial charge in [-0.2, -0.15) is 23.5 Å². The number of hydrogen-bond donors (Lipinski definition) is 19. The summed E-state index contributed by atoms with van der Waals surface area (Å²) in [5.74, 6) is -18.1. The number of fused-ring (bicyclic) bond motifs is 2. The van der Waals surface area contributed by atoms with Crippen LogP contribution in [0.3, 0.4) is 0 Å². The number of carbonyl (C=O) groups is 16. The number of amides is 13. The number of aromatic hydroxyl groups is 2. The van der Waals surface area contributed by atoms with Crippen LogP contribution in [-0.2, 0) is 107 Å². The van der Waals surface area contributed by atoms with Gasteiger partial charge in [0.15, 0.2) is 0 Å². The maximum absolute atomic E-state index is 15.1. The van der Waals surface area contributed by atoms with Crippen molar-refractivity contribution in [3.05, 3.63) is 125 Å². The molecule has 4 aromatic rings. The normalized spacial score (nSPS) is 19.3. The summed E-state index contributed by atoms with van der Waals surface area (Å²) in [6, 6.07) is 6.64. The number of aliphatic carboxylic acids is 3. The number of nitrogens with one attached hydrogen (secondary N) is 10. The number of likely N-dealkylation sites (tertiary alicyclic amines) is 1. The Morgan fingerprint density at radius 1 is 0.564 bits per heavy atom. The number of carboxylic acid groups (broad SMARTS) is 3. The molecule has 0 radical (unpaired) electrons. The second-order valence-electron chi connectivity index (χ2n) is 26.0. The number of phenolic OH excluding ortho intramolecular Hbond substituents is 2. The molecule has 3 heterocycles. The Hall–Kier alpha value is -11.5. The highest BCUT2D eigenvalue weighted by atomic mass is 32.2. The molecular weight excluding hydrogens is 1480 g/mol. The zero-order chi connectivity index (χ0) is 80.6. The Bertz CT molecular complexity index is 3940. The summed E-state index contributed by atoms with van der Waals surface area (Å²) in [5, 5.41) is 74.5. The van der Waals surface area contributed by atoms with Crippen molar-refractivity contribution in [1.29, 1.82) is 0 Å². The van der Waals surface area contributed by atoms with E-state index in [1.807, 2.05) is 0 Å². The zero-order valence-electron chi connectivity index (χ0n) is 59.7. The number of carboxylic acids is 3. The van der Waals surface area contributed by atoms with E-state index >= 15 is 9.59 Å². The van der Waals surface area contributed by atoms with Crippen molar-refractivity contribution < 1.29 is 102 Å². The fraction of sp³-hybridized carbons (Fsp3) is 0.451. The molecule has 13 amide bonds. The lowest BCUT2D eigenvalue weighted by Crippen LogP contribution is -2.61. The van der Waals surface area contributed by atoms with Crippen molar-refractivity contribution in [2.24, 2.45) is 22.9 Å². The number of phenols is 2. The summed E-state index contributed by atoms with van der Waals surface area (Å²) in [4.78, 5) is 224. The molecule has 1 saturated heterocycles. The van der Waals surface area contributed by atoms with Gasteiger partial charge in [-0.15, -0.1) is 0 Å². The molecule has 6 rings (SSSR count). The number of aromatic nitrogens is 1. The Morgan fingerprint density at radius 3 is 1.69 bits per heavy atom. The second kappa shape index (κ2) is 44.1. The fourth-order valence-electron chi connectivity index (χ4n) is 11.6. The topological polar surface area (TPSA) is 615 Å². The number of nitrogens with zero attached hydrogens (tertiary/aromatic N) is 2. The van der Waals surface area contributed by atoms with E-state index < -0.39 is 206 Å². The summed E-state index contributed by atoms with van der Waals surface area (Å²) < 4.78 is 0. The first-order valence-electron chi connectivity index (χ1n) is 35.1. The molecule has 1 aromatic heterocycles. The van der Waals surface area contributed by atoms with Crippen LogP contribution in [0.15, 0.2) is 97.1 Å². The van der Waals surface area contributed by atoms with E-state index in [9.17, 15) is 92.7 Å². The first-order valence-corrected chi connectivity index (χ1v) is 37.4. The number of unbranched alkanes of at least 4 members (excludes halogenated alkanes) is 1. The van der Waals surface area contributed by atoms with E-state index in [-0.39, 0.29) is 92.5 Å². The molecule has 39 heteroatoms. The number of hydrogen-bond acceptors (Lipinski definition) is 23. The molecule has 0 spiro atoms. The van der Waals surface area contributed by atoms with Crippen LogP contribution in [0.5, 0.6) is 11.5 Å². The highest BCUT2D eigenvalue weighted by molar-refractivity contribution is 7.98. The minimum Gasteiger partial charge on any atom is -0.508 e. The number of pyridine rings is 1. The molecule has 1 fully saturated rings. The fourth-order valence-corrected chi connectivity index (χ4v) is 13.5. The van der Waals surface area contributed by atoms with Gasteiger partial charge in [-0.3, -0.25) is 76.9 Å². The molecular formula is C71H92N16O21S2. The van der Waals surface area contributed by atoms with Gasteiger partial charge in [-0.25, -0.2) is 4.79 Å². The molecule has 23 N–H and O–H groups in total. The molecule has 110 heavy (non-hydrogen) atoms. The van der Waals surface area contributed by atoms with Crippen LogP contribution in [0.1, 0.15) is 98.7 Å². The van der Waals surface area contributed by atoms with E-state index in [4.69, 9.17) is 27.9 Å². The van der Waals surface area contributed by atoms with Crippen LogP contribution < -0.4 is 76.1 Å². The van der Waals surface area contributed by atoms with Crippen LogP contribution >= 0.6 is 23.5 Å². The number of benzene rings is 3. The highest BCUT2D eigenvalue weighted by Gasteiger charge is 2.42. The van der Waals surface area contributed by atoms with E-state index in [2.05, 4.69) is 53.2 Å². The van der Waals surface area contributed by atoms with Crippen LogP contribution in [-0.4, -0.2) is 228 Å². The molecule has 37 nitrogen and oxygen atoms in total. The van der Waals surface area contributed by atoms with E-state index in [0.29, 0.717) is 34.5 Å². The first kappa shape index (κ1) is 87.5. The van der Waals surface area contributed by atoms with Crippen LogP contribution in [0.25, 0.3) is 0 Å². The number of primary amides is 2. The Morgan fingerprint density at radius 2 is 1.10 bits per heavy atom. The summed E-state index contributed by atoms with van der Waals surface area (Å²) in [7, 11) is 0.